The van der Waals surface area contributed by atoms with Gasteiger partial charge >= 0.3 is 0 Å². The fourth-order valence-electron chi connectivity index (χ4n) is 2.62. The van der Waals surface area contributed by atoms with Gasteiger partial charge in [-0.1, -0.05) is 12.1 Å². The molecule has 1 amide bonds. The minimum Gasteiger partial charge on any atom is -0.454 e. The standard InChI is InChI=1S/C19H16N4O3/c24-19(16-4-1-3-15(9-16)12-23-8-2-7-21-23)22-20-11-14-5-6-17-18(10-14)26-13-25-17/h1-11H,12-13H2,(H,22,24)/b20-11+. The molecule has 4 rings (SSSR count). The van der Waals surface area contributed by atoms with Crippen molar-refractivity contribution in [1.29, 1.82) is 0 Å². The van der Waals surface area contributed by atoms with Gasteiger partial charge in [-0.25, -0.2) is 5.43 Å². The fourth-order valence-corrected chi connectivity index (χ4v) is 2.62. The average molecular weight is 348 g/mol. The summed E-state index contributed by atoms with van der Waals surface area (Å²) in [5.41, 5.74) is 4.87. The molecule has 1 aliphatic rings. The number of hydrogen-bond acceptors (Lipinski definition) is 5. The molecule has 2 aromatic carbocycles. The van der Waals surface area contributed by atoms with Crippen molar-refractivity contribution in [2.45, 2.75) is 6.54 Å². The minimum atomic E-state index is -0.274. The molecule has 0 atom stereocenters. The van der Waals surface area contributed by atoms with Gasteiger partial charge in [-0.15, -0.1) is 0 Å². The van der Waals surface area contributed by atoms with Crippen molar-refractivity contribution in [2.75, 3.05) is 6.79 Å². The summed E-state index contributed by atoms with van der Waals surface area (Å²) in [6.45, 7) is 0.829. The Morgan fingerprint density at radius 3 is 3.00 bits per heavy atom. The molecule has 0 spiro atoms. The quantitative estimate of drug-likeness (QED) is 0.567. The monoisotopic (exact) mass is 348 g/mol. The number of rotatable bonds is 5. The van der Waals surface area contributed by atoms with E-state index in [0.29, 0.717) is 23.6 Å². The Morgan fingerprint density at radius 1 is 1.19 bits per heavy atom. The van der Waals surface area contributed by atoms with Crippen molar-refractivity contribution in [3.05, 3.63) is 77.6 Å². The number of nitrogens with one attached hydrogen (secondary N) is 1. The van der Waals surface area contributed by atoms with Crippen molar-refractivity contribution in [1.82, 2.24) is 15.2 Å². The van der Waals surface area contributed by atoms with Gasteiger partial charge in [-0.2, -0.15) is 10.2 Å². The van der Waals surface area contributed by atoms with E-state index in [0.717, 1.165) is 11.1 Å². The summed E-state index contributed by atoms with van der Waals surface area (Å²) in [7, 11) is 0. The van der Waals surface area contributed by atoms with E-state index in [2.05, 4.69) is 15.6 Å². The van der Waals surface area contributed by atoms with Crippen LogP contribution in [0, 0.1) is 0 Å². The molecular formula is C19H16N4O3. The molecule has 1 aliphatic heterocycles. The van der Waals surface area contributed by atoms with Crippen LogP contribution in [0.1, 0.15) is 21.5 Å². The summed E-state index contributed by atoms with van der Waals surface area (Å²) in [6, 6.07) is 14.7. The highest BCUT2D eigenvalue weighted by Crippen LogP contribution is 2.31. The lowest BCUT2D eigenvalue weighted by Gasteiger charge is -2.05. The van der Waals surface area contributed by atoms with Gasteiger partial charge in [0.25, 0.3) is 5.91 Å². The molecule has 0 radical (unpaired) electrons. The highest BCUT2D eigenvalue weighted by Gasteiger charge is 2.12. The highest BCUT2D eigenvalue weighted by atomic mass is 16.7. The number of ether oxygens (including phenoxy) is 2. The summed E-state index contributed by atoms with van der Waals surface area (Å²) in [5, 5.41) is 8.18. The first kappa shape index (κ1) is 15.9. The Morgan fingerprint density at radius 2 is 2.12 bits per heavy atom. The van der Waals surface area contributed by atoms with Crippen LogP contribution in [-0.4, -0.2) is 28.7 Å². The second-order valence-corrected chi connectivity index (χ2v) is 5.72. The number of nitrogens with zero attached hydrogens (tertiary/aromatic N) is 3. The van der Waals surface area contributed by atoms with Gasteiger partial charge in [0.05, 0.1) is 12.8 Å². The summed E-state index contributed by atoms with van der Waals surface area (Å²) >= 11 is 0. The molecule has 0 unspecified atom stereocenters. The number of carbonyl (C=O) groups is 1. The summed E-state index contributed by atoms with van der Waals surface area (Å²) < 4.78 is 12.4. The number of aromatic nitrogens is 2. The first-order chi connectivity index (χ1) is 12.8. The van der Waals surface area contributed by atoms with Crippen LogP contribution in [-0.2, 0) is 6.54 Å². The predicted octanol–water partition coefficient (Wildman–Crippen LogP) is 2.42. The Bertz CT molecular complexity index is 951. The SMILES string of the molecule is O=C(N/N=C/c1ccc2c(c1)OCO2)c1cccc(Cn2cccn2)c1. The van der Waals surface area contributed by atoms with Crippen LogP contribution in [0.15, 0.2) is 66.0 Å². The molecule has 0 saturated heterocycles. The molecule has 1 aromatic heterocycles. The Hall–Kier alpha value is -3.61. The molecule has 0 saturated carbocycles. The van der Waals surface area contributed by atoms with E-state index in [1.54, 1.807) is 23.2 Å². The van der Waals surface area contributed by atoms with E-state index in [4.69, 9.17) is 9.47 Å². The van der Waals surface area contributed by atoms with Gasteiger partial charge < -0.3 is 9.47 Å². The fraction of sp³-hybridized carbons (Fsp3) is 0.105. The van der Waals surface area contributed by atoms with Gasteiger partial charge in [-0.05, 0) is 47.5 Å². The van der Waals surface area contributed by atoms with Gasteiger partial charge in [0.15, 0.2) is 11.5 Å². The van der Waals surface area contributed by atoms with Crippen LogP contribution in [0.4, 0.5) is 0 Å². The zero-order valence-electron chi connectivity index (χ0n) is 13.8. The number of amides is 1. The third-order valence-corrected chi connectivity index (χ3v) is 3.87. The molecular weight excluding hydrogens is 332 g/mol. The number of hydrazone groups is 1. The molecule has 130 valence electrons. The molecule has 3 aromatic rings. The van der Waals surface area contributed by atoms with Crippen molar-refractivity contribution < 1.29 is 14.3 Å². The van der Waals surface area contributed by atoms with Crippen LogP contribution in [0.3, 0.4) is 0 Å². The first-order valence-electron chi connectivity index (χ1n) is 8.07. The maximum atomic E-state index is 12.3. The van der Waals surface area contributed by atoms with Crippen LogP contribution in [0.2, 0.25) is 0 Å². The zero-order chi connectivity index (χ0) is 17.8. The topological polar surface area (TPSA) is 77.7 Å². The Labute approximate surface area is 149 Å². The lowest BCUT2D eigenvalue weighted by Crippen LogP contribution is -2.18. The Balaban J connectivity index is 1.40. The zero-order valence-corrected chi connectivity index (χ0v) is 13.8. The lowest BCUT2D eigenvalue weighted by atomic mass is 10.1. The number of fused-ring (bicyclic) bond motifs is 1. The summed E-state index contributed by atoms with van der Waals surface area (Å²) in [6.07, 6.45) is 5.16. The number of carbonyl (C=O) groups excluding carboxylic acids is 1. The molecule has 1 N–H and O–H groups in total. The van der Waals surface area contributed by atoms with Gasteiger partial charge in [-0.3, -0.25) is 9.48 Å². The second-order valence-electron chi connectivity index (χ2n) is 5.72. The van der Waals surface area contributed by atoms with E-state index in [1.165, 1.54) is 0 Å². The number of hydrogen-bond donors (Lipinski definition) is 1. The molecule has 0 bridgehead atoms. The Kier molecular flexibility index (Phi) is 4.34. The third-order valence-electron chi connectivity index (χ3n) is 3.87. The molecule has 26 heavy (non-hydrogen) atoms. The average Bonchev–Trinajstić information content (AvgIpc) is 3.33. The van der Waals surface area contributed by atoms with E-state index in [1.807, 2.05) is 48.7 Å². The van der Waals surface area contributed by atoms with Gasteiger partial charge in [0.2, 0.25) is 6.79 Å². The maximum absolute atomic E-state index is 12.3. The smallest absolute Gasteiger partial charge is 0.271 e. The minimum absolute atomic E-state index is 0.224. The second kappa shape index (κ2) is 7.10. The maximum Gasteiger partial charge on any atom is 0.271 e. The van der Waals surface area contributed by atoms with Crippen molar-refractivity contribution >= 4 is 12.1 Å². The van der Waals surface area contributed by atoms with Gasteiger partial charge in [0.1, 0.15) is 0 Å². The molecule has 0 aliphatic carbocycles. The van der Waals surface area contributed by atoms with E-state index >= 15 is 0 Å². The van der Waals surface area contributed by atoms with E-state index in [-0.39, 0.29) is 12.7 Å². The number of benzene rings is 2. The van der Waals surface area contributed by atoms with E-state index in [9.17, 15) is 4.79 Å². The molecule has 7 heteroatoms. The van der Waals surface area contributed by atoms with Crippen molar-refractivity contribution in [2.24, 2.45) is 5.10 Å². The molecule has 0 fully saturated rings. The van der Waals surface area contributed by atoms with Gasteiger partial charge in [0, 0.05) is 18.0 Å². The normalized spacial score (nSPS) is 12.5. The molecule has 7 nitrogen and oxygen atoms in total. The van der Waals surface area contributed by atoms with Crippen molar-refractivity contribution in [3.63, 3.8) is 0 Å². The summed E-state index contributed by atoms with van der Waals surface area (Å²) in [5.74, 6) is 1.11. The van der Waals surface area contributed by atoms with E-state index < -0.39 is 0 Å². The predicted molar refractivity (Wildman–Crippen MR) is 95.4 cm³/mol. The largest absolute Gasteiger partial charge is 0.454 e. The van der Waals surface area contributed by atoms with Crippen LogP contribution in [0.5, 0.6) is 11.5 Å². The van der Waals surface area contributed by atoms with Crippen LogP contribution in [0.25, 0.3) is 0 Å². The highest BCUT2D eigenvalue weighted by molar-refractivity contribution is 5.95. The lowest BCUT2D eigenvalue weighted by molar-refractivity contribution is 0.0955. The van der Waals surface area contributed by atoms with Crippen molar-refractivity contribution in [3.8, 4) is 11.5 Å². The summed E-state index contributed by atoms with van der Waals surface area (Å²) in [4.78, 5) is 12.3. The molecule has 2 heterocycles. The first-order valence-corrected chi connectivity index (χ1v) is 8.07. The third kappa shape index (κ3) is 3.56. The van der Waals surface area contributed by atoms with Crippen LogP contribution < -0.4 is 14.9 Å². The van der Waals surface area contributed by atoms with Crippen LogP contribution >= 0.6 is 0 Å².